The smallest absolute Gasteiger partial charge is 0.300 e. The average Bonchev–Trinajstić information content (AvgIpc) is 3.87. The molecule has 0 radical (unpaired) electrons. The van der Waals surface area contributed by atoms with Crippen molar-refractivity contribution in [2.75, 3.05) is 31.1 Å². The molecule has 0 saturated carbocycles. The molecule has 2 aliphatic heterocycles. The second-order valence-corrected chi connectivity index (χ2v) is 20.5. The van der Waals surface area contributed by atoms with E-state index in [-0.39, 0.29) is 80.3 Å². The summed E-state index contributed by atoms with van der Waals surface area (Å²) >= 11 is 0. The molecule has 2 aliphatic rings. The highest BCUT2D eigenvalue weighted by Gasteiger charge is 2.40. The normalized spacial score (nSPS) is 20.7. The van der Waals surface area contributed by atoms with E-state index in [0.717, 1.165) is 28.5 Å². The molecule has 4 rings (SSSR count). The van der Waals surface area contributed by atoms with Gasteiger partial charge in [0.25, 0.3) is 5.97 Å². The molecule has 0 aromatic heterocycles. The number of carboxylic acids is 1. The fourth-order valence-corrected chi connectivity index (χ4v) is 9.95. The molecule has 2 aromatic rings. The van der Waals surface area contributed by atoms with Crippen molar-refractivity contribution >= 4 is 98.5 Å². The molecule has 79 heavy (non-hydrogen) atoms. The molecule has 0 bridgehead atoms. The second-order valence-electron chi connectivity index (χ2n) is 17.9. The number of guanidine groups is 1. The maximum absolute atomic E-state index is 14.6. The molecule has 434 valence electrons. The topological polar surface area (TPSA) is 504 Å². The molecule has 0 spiro atoms. The van der Waals surface area contributed by atoms with Gasteiger partial charge in [-0.1, -0.05) is 64.1 Å². The number of phenolic OH excluding ortho intramolecular Hbond substituents is 1. The van der Waals surface area contributed by atoms with Crippen LogP contribution in [0.25, 0.3) is 0 Å². The molecule has 2 aromatic carbocycles. The summed E-state index contributed by atoms with van der Waals surface area (Å²) in [5.74, 6) is -10.7. The Bertz CT molecular complexity index is 2470. The minimum absolute atomic E-state index is 0. The Balaban J connectivity index is 0.00000412. The van der Waals surface area contributed by atoms with E-state index in [2.05, 4.69) is 42.5 Å². The van der Waals surface area contributed by atoms with E-state index >= 15 is 0 Å². The third-order valence-electron chi connectivity index (χ3n) is 11.5. The lowest BCUT2D eigenvalue weighted by atomic mass is 10.0. The predicted octanol–water partition coefficient (Wildman–Crippen LogP) is -4.87. The van der Waals surface area contributed by atoms with Gasteiger partial charge in [-0.3, -0.25) is 62.9 Å². The van der Waals surface area contributed by atoms with Crippen LogP contribution in [0.15, 0.2) is 54.6 Å². The molecule has 2 saturated heterocycles. The summed E-state index contributed by atoms with van der Waals surface area (Å²) in [6.07, 6.45) is -1.33. The van der Waals surface area contributed by atoms with Crippen LogP contribution in [-0.2, 0) is 70.4 Å². The van der Waals surface area contributed by atoms with E-state index in [1.807, 2.05) is 0 Å². The van der Waals surface area contributed by atoms with Crippen LogP contribution in [0, 0.1) is 5.41 Å². The SMILES string of the molecule is CC(=O)O.N=C(N)NCCC[C@H](NC(=O)[C@@H]1CCCN1C(=O)[C@@H]1CSSCCC(=O)N[C@@H](Cc2ccc(O)cc2)C(=O)N[C@@H](Cc2ccccc2)C(=O)N[C@@H](CCC(N)=O)C(=O)N[C@@H](CC(N)=O)C(=O)N1)C(=O)NCC(N)=O.O. The van der Waals surface area contributed by atoms with Crippen molar-refractivity contribution in [3.05, 3.63) is 65.7 Å². The number of nitrogens with zero attached hydrogens (tertiary/aromatic N) is 1. The van der Waals surface area contributed by atoms with E-state index in [0.29, 0.717) is 17.5 Å². The van der Waals surface area contributed by atoms with Crippen LogP contribution in [-0.4, -0.2) is 171 Å². The number of hydrogen-bond acceptors (Lipinski definition) is 16. The summed E-state index contributed by atoms with van der Waals surface area (Å²) in [6, 6.07) is 4.50. The molecular formula is C48H70N14O15S2. The zero-order valence-corrected chi connectivity index (χ0v) is 44.8. The number of likely N-dealkylation sites (tertiary alicyclic amines) is 1. The van der Waals surface area contributed by atoms with Gasteiger partial charge in [0.2, 0.25) is 65.0 Å². The minimum Gasteiger partial charge on any atom is -0.508 e. The molecule has 31 heteroatoms. The van der Waals surface area contributed by atoms with Crippen molar-refractivity contribution in [2.45, 2.75) is 113 Å². The average molecular weight is 1150 g/mol. The molecule has 0 aliphatic carbocycles. The summed E-state index contributed by atoms with van der Waals surface area (Å²) in [7, 11) is 2.18. The van der Waals surface area contributed by atoms with Gasteiger partial charge in [0, 0.05) is 57.2 Å². The van der Waals surface area contributed by atoms with Gasteiger partial charge in [0.1, 0.15) is 48.0 Å². The lowest BCUT2D eigenvalue weighted by Gasteiger charge is -2.31. The second kappa shape index (κ2) is 34.6. The van der Waals surface area contributed by atoms with E-state index < -0.39 is 139 Å². The number of amides is 11. The molecule has 2 fully saturated rings. The Morgan fingerprint density at radius 3 is 1.91 bits per heavy atom. The Morgan fingerprint density at radius 1 is 0.747 bits per heavy atom. The zero-order valence-electron chi connectivity index (χ0n) is 43.2. The van der Waals surface area contributed by atoms with Crippen LogP contribution >= 0.6 is 21.6 Å². The fourth-order valence-electron chi connectivity index (χ4n) is 7.81. The summed E-state index contributed by atoms with van der Waals surface area (Å²) in [4.78, 5) is 158. The van der Waals surface area contributed by atoms with Crippen LogP contribution in [0.1, 0.15) is 69.4 Å². The standard InChI is InChI=1S/C46H64N14O12S2.C2H4O2.H2O/c47-35(62)15-14-29-40(67)58-32(22-36(48)63)43(70)59-33(45(72)60-18-5-9-34(60)44(71)56-28(8-4-17-52-46(50)51)39(66)53-23-37(49)64)24-74-73-19-16-38(65)54-30(21-26-10-12-27(61)13-11-26)41(68)57-31(42(69)55-29)20-25-6-2-1-3-7-25;1-2(3)4;/h1-3,6-7,10-13,28-34,61H,4-5,8-9,14-24H2,(H2,47,62)(H2,48,63)(H2,49,64)(H,53,66)(H,54,65)(H,55,69)(H,56,71)(H,57,68)(H,58,67)(H,59,70)(H4,50,51,52);1H3,(H,3,4);1H2/t28-,29-,30-,31-,32-,33-,34-;;/m0../s1. The lowest BCUT2D eigenvalue weighted by Crippen LogP contribution is -2.61. The number of hydrogen-bond donors (Lipinski definition) is 15. The first-order valence-electron chi connectivity index (χ1n) is 24.5. The first-order chi connectivity index (χ1) is 36.9. The number of benzene rings is 2. The van der Waals surface area contributed by atoms with Crippen LogP contribution in [0.4, 0.5) is 0 Å². The van der Waals surface area contributed by atoms with Crippen LogP contribution < -0.4 is 65.5 Å². The molecule has 21 N–H and O–H groups in total. The maximum Gasteiger partial charge on any atom is 0.300 e. The Hall–Kier alpha value is -8.19. The van der Waals surface area contributed by atoms with E-state index in [1.165, 1.54) is 17.0 Å². The van der Waals surface area contributed by atoms with Gasteiger partial charge in [0.05, 0.1) is 13.0 Å². The van der Waals surface area contributed by atoms with Gasteiger partial charge >= 0.3 is 0 Å². The molecule has 7 atom stereocenters. The predicted molar refractivity (Wildman–Crippen MR) is 288 cm³/mol. The number of carbonyl (C=O) groups is 12. The molecule has 11 amide bonds. The largest absolute Gasteiger partial charge is 0.508 e. The van der Waals surface area contributed by atoms with Crippen molar-refractivity contribution < 1.29 is 73.2 Å². The molecule has 2 heterocycles. The zero-order chi connectivity index (χ0) is 57.9. The number of rotatable bonds is 19. The van der Waals surface area contributed by atoms with Crippen molar-refractivity contribution in [1.29, 1.82) is 5.41 Å². The molecule has 29 nitrogen and oxygen atoms in total. The van der Waals surface area contributed by atoms with Gasteiger partial charge < -0.3 is 86.1 Å². The highest BCUT2D eigenvalue weighted by molar-refractivity contribution is 8.76. The van der Waals surface area contributed by atoms with Crippen molar-refractivity contribution in [3.8, 4) is 5.75 Å². The quantitative estimate of drug-likeness (QED) is 0.0271. The third kappa shape index (κ3) is 25.2. The Labute approximate surface area is 461 Å². The highest BCUT2D eigenvalue weighted by atomic mass is 33.1. The van der Waals surface area contributed by atoms with Crippen molar-refractivity contribution in [2.24, 2.45) is 22.9 Å². The van der Waals surface area contributed by atoms with Crippen LogP contribution in [0.2, 0.25) is 0 Å². The van der Waals surface area contributed by atoms with Gasteiger partial charge in [-0.2, -0.15) is 0 Å². The van der Waals surface area contributed by atoms with Gasteiger partial charge in [-0.05, 0) is 55.4 Å². The lowest BCUT2D eigenvalue weighted by molar-refractivity contribution is -0.142. The number of primary amides is 3. The maximum atomic E-state index is 14.6. The van der Waals surface area contributed by atoms with E-state index in [4.69, 9.17) is 38.2 Å². The van der Waals surface area contributed by atoms with Gasteiger partial charge in [-0.25, -0.2) is 0 Å². The number of aliphatic carboxylic acids is 1. The number of nitrogens with two attached hydrogens (primary N) is 4. The Kier molecular flexibility index (Phi) is 29.3. The van der Waals surface area contributed by atoms with E-state index in [9.17, 15) is 57.8 Å². The number of phenols is 1. The summed E-state index contributed by atoms with van der Waals surface area (Å²) in [5, 5.41) is 45.2. The first-order valence-corrected chi connectivity index (χ1v) is 27.0. The molecule has 0 unspecified atom stereocenters. The monoisotopic (exact) mass is 1150 g/mol. The number of aromatic hydroxyl groups is 1. The molecular weight excluding hydrogens is 1080 g/mol. The number of carbonyl (C=O) groups excluding carboxylic acids is 11. The summed E-state index contributed by atoms with van der Waals surface area (Å²) in [6.45, 7) is 0.740. The third-order valence-corrected chi connectivity index (χ3v) is 13.9. The van der Waals surface area contributed by atoms with Gasteiger partial charge in [-0.15, -0.1) is 0 Å². The number of carboxylic acid groups (broad SMARTS) is 1. The minimum atomic E-state index is -1.77. The van der Waals surface area contributed by atoms with Crippen LogP contribution in [0.3, 0.4) is 0 Å². The Morgan fingerprint density at radius 2 is 1.32 bits per heavy atom. The highest BCUT2D eigenvalue weighted by Crippen LogP contribution is 2.26. The van der Waals surface area contributed by atoms with E-state index in [1.54, 1.807) is 42.5 Å². The summed E-state index contributed by atoms with van der Waals surface area (Å²) < 4.78 is 0. The summed E-state index contributed by atoms with van der Waals surface area (Å²) in [5.41, 5.74) is 22.7. The van der Waals surface area contributed by atoms with Crippen molar-refractivity contribution in [1.82, 2.24) is 47.4 Å². The van der Waals surface area contributed by atoms with Gasteiger partial charge in [0.15, 0.2) is 5.96 Å². The number of nitrogens with one attached hydrogen (secondary N) is 9. The van der Waals surface area contributed by atoms with Crippen LogP contribution in [0.5, 0.6) is 5.75 Å². The first kappa shape index (κ1) is 66.9. The van der Waals surface area contributed by atoms with Crippen molar-refractivity contribution in [3.63, 3.8) is 0 Å². The fraction of sp³-hybridized carbons (Fsp3) is 0.479.